The molecule has 2 aliphatic rings. The number of fused-ring (bicyclic) bond motifs is 1. The van der Waals surface area contributed by atoms with E-state index in [0.717, 1.165) is 30.0 Å². The van der Waals surface area contributed by atoms with Gasteiger partial charge in [0.2, 0.25) is 5.91 Å². The van der Waals surface area contributed by atoms with Crippen LogP contribution in [0.5, 0.6) is 0 Å². The molecule has 1 aliphatic carbocycles. The van der Waals surface area contributed by atoms with Gasteiger partial charge in [-0.05, 0) is 49.9 Å². The van der Waals surface area contributed by atoms with Gasteiger partial charge in [0.1, 0.15) is 6.54 Å². The zero-order valence-electron chi connectivity index (χ0n) is 13.9. The molecule has 2 heterocycles. The van der Waals surface area contributed by atoms with Gasteiger partial charge in [-0.25, -0.2) is 0 Å². The van der Waals surface area contributed by atoms with Crippen LogP contribution in [0.15, 0.2) is 24.3 Å². The van der Waals surface area contributed by atoms with Gasteiger partial charge in [0, 0.05) is 18.7 Å². The topological polar surface area (TPSA) is 53.9 Å². The highest BCUT2D eigenvalue weighted by atomic mass is 32.1. The monoisotopic (exact) mass is 342 g/mol. The van der Waals surface area contributed by atoms with Crippen LogP contribution in [0.25, 0.3) is 11.4 Å². The van der Waals surface area contributed by atoms with Crippen LogP contribution >= 0.6 is 12.2 Å². The maximum atomic E-state index is 12.8. The largest absolute Gasteiger partial charge is 0.341 e. The molecule has 6 heteroatoms. The highest BCUT2D eigenvalue weighted by Crippen LogP contribution is 2.37. The summed E-state index contributed by atoms with van der Waals surface area (Å²) in [6, 6.07) is 8.10. The van der Waals surface area contributed by atoms with Crippen molar-refractivity contribution in [3.63, 3.8) is 0 Å². The number of carbonyl (C=O) groups excluding carboxylic acids is 1. The number of hydrogen-bond donors (Lipinski definition) is 1. The number of nitrogens with zero attached hydrogens (tertiary/aromatic N) is 3. The number of aromatic nitrogens is 3. The highest BCUT2D eigenvalue weighted by Gasteiger charge is 2.38. The first-order valence-electron chi connectivity index (χ1n) is 8.62. The first-order chi connectivity index (χ1) is 11.6. The van der Waals surface area contributed by atoms with Gasteiger partial charge in [0.05, 0.1) is 0 Å². The van der Waals surface area contributed by atoms with Crippen LogP contribution in [0.4, 0.5) is 0 Å². The van der Waals surface area contributed by atoms with Crippen molar-refractivity contribution < 1.29 is 4.79 Å². The van der Waals surface area contributed by atoms with E-state index in [1.54, 1.807) is 0 Å². The summed E-state index contributed by atoms with van der Waals surface area (Å²) in [5, 5.41) is 7.18. The van der Waals surface area contributed by atoms with Crippen molar-refractivity contribution in [1.82, 2.24) is 19.7 Å². The van der Waals surface area contributed by atoms with Crippen LogP contribution in [0, 0.1) is 23.5 Å². The van der Waals surface area contributed by atoms with Crippen molar-refractivity contribution in [2.45, 2.75) is 32.7 Å². The molecule has 126 valence electrons. The number of aryl methyl sites for hydroxylation is 1. The van der Waals surface area contributed by atoms with E-state index in [2.05, 4.69) is 16.3 Å². The second-order valence-electron chi connectivity index (χ2n) is 7.06. The number of likely N-dealkylation sites (tertiary alicyclic amines) is 1. The number of rotatable bonds is 3. The number of aromatic amines is 1. The summed E-state index contributed by atoms with van der Waals surface area (Å²) in [6.07, 6.45) is 3.86. The van der Waals surface area contributed by atoms with Crippen LogP contribution in [-0.2, 0) is 11.3 Å². The standard InChI is InChI=1S/C18H22N4OS/c1-12-4-2-5-13(8-12)17-19-20-18(24)22(17)11-16(23)21-9-14-6-3-7-15(14)10-21/h2,4-5,8,14-15H,3,6-7,9-11H2,1H3,(H,20,24)/t14-,15-/m0/s1. The molecule has 1 saturated heterocycles. The average molecular weight is 342 g/mol. The molecule has 1 aromatic heterocycles. The number of hydrogen-bond acceptors (Lipinski definition) is 3. The molecular formula is C18H22N4OS. The number of carbonyl (C=O) groups is 1. The predicted octanol–water partition coefficient (Wildman–Crippen LogP) is 3.17. The smallest absolute Gasteiger partial charge is 0.242 e. The number of benzene rings is 1. The average Bonchev–Trinajstić information content (AvgIpc) is 3.23. The van der Waals surface area contributed by atoms with E-state index in [4.69, 9.17) is 12.2 Å². The molecule has 4 rings (SSSR count). The minimum absolute atomic E-state index is 0.149. The Balaban J connectivity index is 1.56. The van der Waals surface area contributed by atoms with E-state index in [1.165, 1.54) is 19.3 Å². The van der Waals surface area contributed by atoms with Crippen molar-refractivity contribution >= 4 is 18.1 Å². The third-order valence-corrected chi connectivity index (χ3v) is 5.72. The molecule has 0 spiro atoms. The zero-order valence-corrected chi connectivity index (χ0v) is 14.7. The Kier molecular flexibility index (Phi) is 4.00. The van der Waals surface area contributed by atoms with E-state index < -0.39 is 0 Å². The second-order valence-corrected chi connectivity index (χ2v) is 7.44. The quantitative estimate of drug-likeness (QED) is 0.872. The van der Waals surface area contributed by atoms with Gasteiger partial charge in [0.25, 0.3) is 0 Å². The SMILES string of the molecule is Cc1cccc(-c2n[nH]c(=S)n2CC(=O)N2C[C@@H]3CCC[C@H]3C2)c1. The Morgan fingerprint density at radius 1 is 1.33 bits per heavy atom. The molecule has 0 bridgehead atoms. The van der Waals surface area contributed by atoms with E-state index in [9.17, 15) is 4.79 Å². The number of H-pyrrole nitrogens is 1. The predicted molar refractivity (Wildman–Crippen MR) is 95.0 cm³/mol. The van der Waals surface area contributed by atoms with Gasteiger partial charge in [-0.15, -0.1) is 0 Å². The molecule has 1 saturated carbocycles. The Morgan fingerprint density at radius 2 is 2.08 bits per heavy atom. The molecule has 2 atom stereocenters. The minimum atomic E-state index is 0.149. The van der Waals surface area contributed by atoms with Crippen molar-refractivity contribution in [2.75, 3.05) is 13.1 Å². The molecule has 0 unspecified atom stereocenters. The summed E-state index contributed by atoms with van der Waals surface area (Å²) in [7, 11) is 0. The Hall–Kier alpha value is -1.95. The van der Waals surface area contributed by atoms with Crippen molar-refractivity contribution in [2.24, 2.45) is 11.8 Å². The minimum Gasteiger partial charge on any atom is -0.341 e. The maximum absolute atomic E-state index is 12.8. The van der Waals surface area contributed by atoms with Gasteiger partial charge in [0.15, 0.2) is 10.6 Å². The molecule has 2 fully saturated rings. The lowest BCUT2D eigenvalue weighted by molar-refractivity contribution is -0.131. The molecule has 1 amide bonds. The Labute approximate surface area is 146 Å². The first kappa shape index (κ1) is 15.6. The Bertz CT molecular complexity index is 812. The van der Waals surface area contributed by atoms with Crippen LogP contribution in [0.2, 0.25) is 0 Å². The third-order valence-electron chi connectivity index (χ3n) is 5.41. The number of nitrogens with one attached hydrogen (secondary N) is 1. The summed E-state index contributed by atoms with van der Waals surface area (Å²) >= 11 is 5.35. The van der Waals surface area contributed by atoms with Gasteiger partial charge in [-0.2, -0.15) is 5.10 Å². The lowest BCUT2D eigenvalue weighted by Gasteiger charge is -2.18. The van der Waals surface area contributed by atoms with E-state index in [-0.39, 0.29) is 12.5 Å². The zero-order chi connectivity index (χ0) is 16.7. The summed E-state index contributed by atoms with van der Waals surface area (Å²) in [5.41, 5.74) is 2.14. The molecule has 2 aromatic rings. The van der Waals surface area contributed by atoms with Crippen molar-refractivity contribution in [3.05, 3.63) is 34.6 Å². The lowest BCUT2D eigenvalue weighted by atomic mass is 10.0. The van der Waals surface area contributed by atoms with Crippen molar-refractivity contribution in [3.8, 4) is 11.4 Å². The first-order valence-corrected chi connectivity index (χ1v) is 9.02. The molecule has 5 nitrogen and oxygen atoms in total. The molecule has 1 aliphatic heterocycles. The summed E-state index contributed by atoms with van der Waals surface area (Å²) in [4.78, 5) is 14.8. The molecular weight excluding hydrogens is 320 g/mol. The fraction of sp³-hybridized carbons (Fsp3) is 0.500. The summed E-state index contributed by atoms with van der Waals surface area (Å²) in [6.45, 7) is 4.13. The van der Waals surface area contributed by atoms with E-state index in [0.29, 0.717) is 16.6 Å². The van der Waals surface area contributed by atoms with Crippen LogP contribution < -0.4 is 0 Å². The fourth-order valence-electron chi connectivity index (χ4n) is 4.14. The van der Waals surface area contributed by atoms with Crippen LogP contribution in [0.1, 0.15) is 24.8 Å². The molecule has 1 aromatic carbocycles. The van der Waals surface area contributed by atoms with Crippen LogP contribution in [-0.4, -0.2) is 38.7 Å². The number of amides is 1. The third kappa shape index (κ3) is 2.79. The summed E-state index contributed by atoms with van der Waals surface area (Å²) in [5.74, 6) is 2.30. The normalized spacial score (nSPS) is 22.8. The lowest BCUT2D eigenvalue weighted by Crippen LogP contribution is -2.32. The van der Waals surface area contributed by atoms with Gasteiger partial charge < -0.3 is 4.90 Å². The van der Waals surface area contributed by atoms with E-state index >= 15 is 0 Å². The van der Waals surface area contributed by atoms with E-state index in [1.807, 2.05) is 34.6 Å². The Morgan fingerprint density at radius 3 is 2.79 bits per heavy atom. The molecule has 0 radical (unpaired) electrons. The highest BCUT2D eigenvalue weighted by molar-refractivity contribution is 7.71. The molecule has 24 heavy (non-hydrogen) atoms. The van der Waals surface area contributed by atoms with Gasteiger partial charge >= 0.3 is 0 Å². The second kappa shape index (κ2) is 6.16. The maximum Gasteiger partial charge on any atom is 0.242 e. The van der Waals surface area contributed by atoms with Gasteiger partial charge in [-0.3, -0.25) is 14.5 Å². The fourth-order valence-corrected chi connectivity index (χ4v) is 4.34. The van der Waals surface area contributed by atoms with Crippen molar-refractivity contribution in [1.29, 1.82) is 0 Å². The molecule has 1 N–H and O–H groups in total. The summed E-state index contributed by atoms with van der Waals surface area (Å²) < 4.78 is 2.32. The van der Waals surface area contributed by atoms with Gasteiger partial charge in [-0.1, -0.05) is 30.2 Å². The van der Waals surface area contributed by atoms with Crippen LogP contribution in [0.3, 0.4) is 0 Å².